The van der Waals surface area contributed by atoms with Gasteiger partial charge in [0, 0.05) is 31.2 Å². The molecule has 1 saturated carbocycles. The summed E-state index contributed by atoms with van der Waals surface area (Å²) in [5.74, 6) is 0. The van der Waals surface area contributed by atoms with E-state index in [4.69, 9.17) is 0 Å². The molecule has 2 fully saturated rings. The van der Waals surface area contributed by atoms with Crippen molar-refractivity contribution in [2.24, 2.45) is 5.41 Å². The Labute approximate surface area is 107 Å². The number of nitrogens with zero attached hydrogens (tertiary/aromatic N) is 1. The summed E-state index contributed by atoms with van der Waals surface area (Å²) in [6.45, 7) is 11.9. The van der Waals surface area contributed by atoms with Gasteiger partial charge in [-0.3, -0.25) is 4.90 Å². The first-order chi connectivity index (χ1) is 8.02. The molecule has 1 heterocycles. The maximum Gasteiger partial charge on any atom is 0.0244 e. The molecule has 2 atom stereocenters. The summed E-state index contributed by atoms with van der Waals surface area (Å²) in [7, 11) is 0. The lowest BCUT2D eigenvalue weighted by Crippen LogP contribution is -2.62. The van der Waals surface area contributed by atoms with Crippen molar-refractivity contribution < 1.29 is 0 Å². The molecule has 100 valence electrons. The molecule has 0 aromatic heterocycles. The molecule has 1 aliphatic carbocycles. The highest BCUT2D eigenvalue weighted by Crippen LogP contribution is 2.30. The monoisotopic (exact) mass is 238 g/mol. The van der Waals surface area contributed by atoms with Crippen molar-refractivity contribution in [3.8, 4) is 0 Å². The topological polar surface area (TPSA) is 15.3 Å². The van der Waals surface area contributed by atoms with E-state index < -0.39 is 0 Å². The van der Waals surface area contributed by atoms with Gasteiger partial charge in [-0.1, -0.05) is 40.5 Å². The van der Waals surface area contributed by atoms with E-state index in [9.17, 15) is 0 Å². The van der Waals surface area contributed by atoms with Crippen LogP contribution < -0.4 is 5.32 Å². The van der Waals surface area contributed by atoms with Crippen molar-refractivity contribution in [3.63, 3.8) is 0 Å². The number of hydrogen-bond acceptors (Lipinski definition) is 2. The Morgan fingerprint density at radius 2 is 1.82 bits per heavy atom. The van der Waals surface area contributed by atoms with Crippen LogP contribution in [0.15, 0.2) is 0 Å². The smallest absolute Gasteiger partial charge is 0.0244 e. The van der Waals surface area contributed by atoms with Gasteiger partial charge in [-0.05, 0) is 24.7 Å². The lowest BCUT2D eigenvalue weighted by molar-refractivity contribution is 0.0496. The van der Waals surface area contributed by atoms with Crippen LogP contribution in [-0.4, -0.2) is 36.1 Å². The SMILES string of the molecule is CCC1CNC(C(C)(C)C)CN1C1CCCC1. The van der Waals surface area contributed by atoms with Crippen LogP contribution in [0.3, 0.4) is 0 Å². The molecule has 2 unspecified atom stereocenters. The van der Waals surface area contributed by atoms with E-state index in [0.717, 1.165) is 12.1 Å². The van der Waals surface area contributed by atoms with Gasteiger partial charge in [-0.25, -0.2) is 0 Å². The minimum Gasteiger partial charge on any atom is -0.311 e. The van der Waals surface area contributed by atoms with Gasteiger partial charge in [0.1, 0.15) is 0 Å². The maximum atomic E-state index is 3.77. The number of piperazine rings is 1. The summed E-state index contributed by atoms with van der Waals surface area (Å²) in [5, 5.41) is 3.77. The van der Waals surface area contributed by atoms with Crippen LogP contribution in [0, 0.1) is 5.41 Å². The summed E-state index contributed by atoms with van der Waals surface area (Å²) in [4.78, 5) is 2.83. The molecule has 0 aromatic carbocycles. The quantitative estimate of drug-likeness (QED) is 0.795. The Bertz CT molecular complexity index is 236. The molecule has 2 rings (SSSR count). The van der Waals surface area contributed by atoms with Crippen molar-refractivity contribution in [2.45, 2.75) is 77.9 Å². The van der Waals surface area contributed by atoms with Gasteiger partial charge in [0.25, 0.3) is 0 Å². The lowest BCUT2D eigenvalue weighted by atomic mass is 9.84. The fourth-order valence-electron chi connectivity index (χ4n) is 3.46. The predicted octanol–water partition coefficient (Wildman–Crippen LogP) is 3.03. The predicted molar refractivity (Wildman–Crippen MR) is 74.3 cm³/mol. The Kier molecular flexibility index (Phi) is 4.14. The van der Waals surface area contributed by atoms with Gasteiger partial charge in [0.05, 0.1) is 0 Å². The van der Waals surface area contributed by atoms with Gasteiger partial charge < -0.3 is 5.32 Å². The molecule has 0 bridgehead atoms. The molecule has 0 aromatic rings. The highest BCUT2D eigenvalue weighted by atomic mass is 15.3. The molecule has 0 amide bonds. The van der Waals surface area contributed by atoms with E-state index in [1.807, 2.05) is 0 Å². The molecule has 1 aliphatic heterocycles. The Balaban J connectivity index is 2.03. The van der Waals surface area contributed by atoms with Crippen LogP contribution in [0.5, 0.6) is 0 Å². The van der Waals surface area contributed by atoms with Crippen LogP contribution in [0.4, 0.5) is 0 Å². The summed E-state index contributed by atoms with van der Waals surface area (Å²) in [5.41, 5.74) is 0.384. The number of nitrogens with one attached hydrogen (secondary N) is 1. The van der Waals surface area contributed by atoms with E-state index >= 15 is 0 Å². The van der Waals surface area contributed by atoms with Crippen LogP contribution >= 0.6 is 0 Å². The summed E-state index contributed by atoms with van der Waals surface area (Å²) < 4.78 is 0. The highest BCUT2D eigenvalue weighted by molar-refractivity contribution is 4.94. The van der Waals surface area contributed by atoms with Crippen LogP contribution in [0.25, 0.3) is 0 Å². The minimum absolute atomic E-state index is 0.384. The van der Waals surface area contributed by atoms with Gasteiger partial charge >= 0.3 is 0 Å². The van der Waals surface area contributed by atoms with Crippen LogP contribution in [0.1, 0.15) is 59.8 Å². The van der Waals surface area contributed by atoms with Gasteiger partial charge in [0.15, 0.2) is 0 Å². The lowest BCUT2D eigenvalue weighted by Gasteiger charge is -2.47. The summed E-state index contributed by atoms with van der Waals surface area (Å²) >= 11 is 0. The van der Waals surface area contributed by atoms with Crippen molar-refractivity contribution >= 4 is 0 Å². The average Bonchev–Trinajstić information content (AvgIpc) is 2.80. The highest BCUT2D eigenvalue weighted by Gasteiger charge is 2.37. The zero-order valence-electron chi connectivity index (χ0n) is 12.1. The Morgan fingerprint density at radius 3 is 2.35 bits per heavy atom. The standard InChI is InChI=1S/C15H30N2/c1-5-12-10-16-14(15(2,3)4)11-17(12)13-8-6-7-9-13/h12-14,16H,5-11H2,1-4H3. The fraction of sp³-hybridized carbons (Fsp3) is 1.00. The van der Waals surface area contributed by atoms with E-state index in [1.54, 1.807) is 0 Å². The first-order valence-corrected chi connectivity index (χ1v) is 7.51. The van der Waals surface area contributed by atoms with Gasteiger partial charge in [-0.15, -0.1) is 0 Å². The molecule has 1 saturated heterocycles. The second kappa shape index (κ2) is 5.27. The van der Waals surface area contributed by atoms with Crippen molar-refractivity contribution in [2.75, 3.05) is 13.1 Å². The molecule has 2 nitrogen and oxygen atoms in total. The van der Waals surface area contributed by atoms with E-state index in [2.05, 4.69) is 37.9 Å². The van der Waals surface area contributed by atoms with E-state index in [0.29, 0.717) is 11.5 Å². The minimum atomic E-state index is 0.384. The zero-order chi connectivity index (χ0) is 12.5. The first kappa shape index (κ1) is 13.4. The van der Waals surface area contributed by atoms with Crippen molar-refractivity contribution in [1.82, 2.24) is 10.2 Å². The molecule has 2 heteroatoms. The molecule has 1 N–H and O–H groups in total. The van der Waals surface area contributed by atoms with Gasteiger partial charge in [0.2, 0.25) is 0 Å². The van der Waals surface area contributed by atoms with Crippen LogP contribution in [0.2, 0.25) is 0 Å². The summed E-state index contributed by atoms with van der Waals surface area (Å²) in [6.07, 6.45) is 7.07. The van der Waals surface area contributed by atoms with E-state index in [-0.39, 0.29) is 0 Å². The zero-order valence-corrected chi connectivity index (χ0v) is 12.1. The van der Waals surface area contributed by atoms with Gasteiger partial charge in [-0.2, -0.15) is 0 Å². The van der Waals surface area contributed by atoms with E-state index in [1.165, 1.54) is 45.2 Å². The second-order valence-electron chi connectivity index (χ2n) is 7.02. The maximum absolute atomic E-state index is 3.77. The molecule has 0 spiro atoms. The fourth-order valence-corrected chi connectivity index (χ4v) is 3.46. The number of rotatable bonds is 2. The molecule has 17 heavy (non-hydrogen) atoms. The normalized spacial score (nSPS) is 33.2. The third-order valence-corrected chi connectivity index (χ3v) is 4.77. The molecular formula is C15H30N2. The third kappa shape index (κ3) is 3.03. The van der Waals surface area contributed by atoms with Crippen molar-refractivity contribution in [3.05, 3.63) is 0 Å². The second-order valence-corrected chi connectivity index (χ2v) is 7.02. The number of hydrogen-bond donors (Lipinski definition) is 1. The molecule has 0 radical (unpaired) electrons. The summed E-state index contributed by atoms with van der Waals surface area (Å²) in [6, 6.07) is 2.31. The Hall–Kier alpha value is -0.0800. The molecule has 2 aliphatic rings. The van der Waals surface area contributed by atoms with Crippen molar-refractivity contribution in [1.29, 1.82) is 0 Å². The van der Waals surface area contributed by atoms with Crippen LogP contribution in [-0.2, 0) is 0 Å². The Morgan fingerprint density at radius 1 is 1.18 bits per heavy atom. The average molecular weight is 238 g/mol. The largest absolute Gasteiger partial charge is 0.311 e. The third-order valence-electron chi connectivity index (χ3n) is 4.77. The first-order valence-electron chi connectivity index (χ1n) is 7.51. The molecular weight excluding hydrogens is 208 g/mol.